The van der Waals surface area contributed by atoms with Gasteiger partial charge in [0.15, 0.2) is 0 Å². The molecular formula is C11H24N2O5S2. The molecule has 0 aromatic rings. The quantitative estimate of drug-likeness (QED) is 0.422. The number of carboxylic acid groups (broad SMARTS) is 2. The molecule has 0 bridgehead atoms. The third-order valence-electron chi connectivity index (χ3n) is 2.25. The number of rotatable bonds is 9. The van der Waals surface area contributed by atoms with Crippen molar-refractivity contribution in [1.82, 2.24) is 0 Å². The van der Waals surface area contributed by atoms with Crippen LogP contribution in [-0.4, -0.2) is 62.3 Å². The summed E-state index contributed by atoms with van der Waals surface area (Å²) in [4.78, 5) is 20.2. The lowest BCUT2D eigenvalue weighted by molar-refractivity contribution is -0.139. The monoisotopic (exact) mass is 328 g/mol. The average molecular weight is 328 g/mol. The number of thioether (sulfide) groups is 1. The summed E-state index contributed by atoms with van der Waals surface area (Å²) in [5.41, 5.74) is 10.4. The molecule has 0 rings (SSSR count). The molecule has 3 atom stereocenters. The van der Waals surface area contributed by atoms with Crippen molar-refractivity contribution < 1.29 is 24.4 Å². The van der Waals surface area contributed by atoms with Crippen molar-refractivity contribution in [3.8, 4) is 0 Å². The number of carbonyl (C=O) groups is 2. The maximum absolute atomic E-state index is 10.8. The van der Waals surface area contributed by atoms with Crippen LogP contribution in [0.3, 0.4) is 0 Å². The predicted octanol–water partition coefficient (Wildman–Crippen LogP) is -0.292. The summed E-state index contributed by atoms with van der Waals surface area (Å²) in [5.74, 6) is -0.189. The Hall–Kier alpha value is -0.480. The molecule has 0 amide bonds. The van der Waals surface area contributed by atoms with Crippen LogP contribution in [0.25, 0.3) is 0 Å². The van der Waals surface area contributed by atoms with E-state index in [9.17, 15) is 14.1 Å². The molecule has 0 heterocycles. The van der Waals surface area contributed by atoms with Crippen LogP contribution in [0.1, 0.15) is 19.8 Å². The standard InChI is InChI=1S/C6H13NO3S.C5H11NO2S/c1-2-11(10)4-3-5(7)6(8)9;1-9-3-2-4(6)5(7)8/h5H,2-4,7H2,1H3,(H,8,9);4H,2-3,6H2,1H3,(H,7,8)/t5-,11?;4-/m00/s1. The molecule has 0 aromatic carbocycles. The first-order chi connectivity index (χ1) is 9.26. The summed E-state index contributed by atoms with van der Waals surface area (Å²) in [7, 11) is 0. The van der Waals surface area contributed by atoms with Gasteiger partial charge in [-0.3, -0.25) is 9.59 Å². The largest absolute Gasteiger partial charge is 0.616 e. The fraction of sp³-hybridized carbons (Fsp3) is 0.818. The molecule has 9 heteroatoms. The van der Waals surface area contributed by atoms with Crippen LogP contribution in [-0.2, 0) is 20.8 Å². The van der Waals surface area contributed by atoms with Crippen molar-refractivity contribution in [2.75, 3.05) is 23.5 Å². The van der Waals surface area contributed by atoms with Gasteiger partial charge >= 0.3 is 11.9 Å². The van der Waals surface area contributed by atoms with Gasteiger partial charge in [-0.2, -0.15) is 11.8 Å². The fourth-order valence-electron chi connectivity index (χ4n) is 0.895. The Bertz CT molecular complexity index is 282. The van der Waals surface area contributed by atoms with Crippen LogP contribution in [0.15, 0.2) is 0 Å². The van der Waals surface area contributed by atoms with Crippen LogP contribution in [0.4, 0.5) is 0 Å². The lowest BCUT2D eigenvalue weighted by atomic mass is 10.2. The van der Waals surface area contributed by atoms with E-state index < -0.39 is 35.2 Å². The number of hydrogen-bond acceptors (Lipinski definition) is 6. The maximum Gasteiger partial charge on any atom is 0.320 e. The zero-order chi connectivity index (χ0) is 16.1. The van der Waals surface area contributed by atoms with E-state index in [2.05, 4.69) is 0 Å². The lowest BCUT2D eigenvalue weighted by Gasteiger charge is -2.09. The predicted molar refractivity (Wildman–Crippen MR) is 82.4 cm³/mol. The van der Waals surface area contributed by atoms with Crippen LogP contribution in [0, 0.1) is 0 Å². The molecule has 1 unspecified atom stereocenters. The molecule has 6 N–H and O–H groups in total. The second-order valence-corrected chi connectivity index (χ2v) is 6.74. The first-order valence-electron chi connectivity index (χ1n) is 6.06. The van der Waals surface area contributed by atoms with Crippen molar-refractivity contribution in [2.24, 2.45) is 11.5 Å². The normalized spacial score (nSPS) is 14.7. The molecule has 0 radical (unpaired) electrons. The van der Waals surface area contributed by atoms with Gasteiger partial charge in [-0.25, -0.2) is 0 Å². The second-order valence-electron chi connectivity index (χ2n) is 3.89. The average Bonchev–Trinajstić information content (AvgIpc) is 2.41. The van der Waals surface area contributed by atoms with Crippen molar-refractivity contribution in [1.29, 1.82) is 0 Å². The number of hydrogen-bond donors (Lipinski definition) is 4. The Morgan fingerprint density at radius 1 is 1.20 bits per heavy atom. The SMILES string of the molecule is CC[S+]([O-])CC[C@H](N)C(=O)O.CSCC[C@H](N)C(=O)O. The van der Waals surface area contributed by atoms with Gasteiger partial charge in [0.25, 0.3) is 0 Å². The van der Waals surface area contributed by atoms with Crippen LogP contribution in [0.2, 0.25) is 0 Å². The Balaban J connectivity index is 0. The van der Waals surface area contributed by atoms with E-state index in [-0.39, 0.29) is 6.42 Å². The third-order valence-corrected chi connectivity index (χ3v) is 4.22. The maximum atomic E-state index is 10.8. The second kappa shape index (κ2) is 13.5. The van der Waals surface area contributed by atoms with Gasteiger partial charge in [-0.05, 0) is 25.4 Å². The summed E-state index contributed by atoms with van der Waals surface area (Å²) in [6.07, 6.45) is 2.76. The molecule has 0 aliphatic rings. The summed E-state index contributed by atoms with van der Waals surface area (Å²) < 4.78 is 10.8. The van der Waals surface area contributed by atoms with Gasteiger partial charge in [-0.15, -0.1) is 0 Å². The van der Waals surface area contributed by atoms with Crippen molar-refractivity contribution in [3.05, 3.63) is 0 Å². The minimum atomic E-state index is -1.03. The molecule has 20 heavy (non-hydrogen) atoms. The summed E-state index contributed by atoms with van der Waals surface area (Å²) in [6, 6.07) is -1.55. The molecule has 0 aromatic heterocycles. The molecular weight excluding hydrogens is 304 g/mol. The molecule has 0 spiro atoms. The van der Waals surface area contributed by atoms with Crippen LogP contribution < -0.4 is 11.5 Å². The van der Waals surface area contributed by atoms with E-state index >= 15 is 0 Å². The fourth-order valence-corrected chi connectivity index (χ4v) is 2.19. The highest BCUT2D eigenvalue weighted by Gasteiger charge is 2.14. The summed E-state index contributed by atoms with van der Waals surface area (Å²) >= 11 is 0.697. The Labute approximate surface area is 126 Å². The van der Waals surface area contributed by atoms with Crippen LogP contribution in [0.5, 0.6) is 0 Å². The van der Waals surface area contributed by atoms with Crippen molar-refractivity contribution in [2.45, 2.75) is 31.8 Å². The molecule has 0 saturated heterocycles. The van der Waals surface area contributed by atoms with Gasteiger partial charge in [0.05, 0.1) is 0 Å². The molecule has 120 valence electrons. The highest BCUT2D eigenvalue weighted by Crippen LogP contribution is 1.98. The topological polar surface area (TPSA) is 150 Å². The van der Waals surface area contributed by atoms with E-state index in [1.54, 1.807) is 18.7 Å². The minimum absolute atomic E-state index is 0.287. The Morgan fingerprint density at radius 3 is 2.00 bits per heavy atom. The highest BCUT2D eigenvalue weighted by molar-refractivity contribution is 7.98. The number of nitrogens with two attached hydrogens (primary N) is 2. The van der Waals surface area contributed by atoms with E-state index in [0.29, 0.717) is 17.9 Å². The van der Waals surface area contributed by atoms with Crippen molar-refractivity contribution >= 4 is 34.9 Å². The first-order valence-corrected chi connectivity index (χ1v) is 8.95. The molecule has 0 aliphatic heterocycles. The summed E-state index contributed by atoms with van der Waals surface area (Å²) in [5, 5.41) is 16.6. The Kier molecular flexibility index (Phi) is 14.7. The van der Waals surface area contributed by atoms with E-state index in [0.717, 1.165) is 5.75 Å². The van der Waals surface area contributed by atoms with Gasteiger partial charge in [-0.1, -0.05) is 11.2 Å². The summed E-state index contributed by atoms with van der Waals surface area (Å²) in [6.45, 7) is 1.79. The first kappa shape index (κ1) is 21.8. The van der Waals surface area contributed by atoms with Crippen molar-refractivity contribution in [3.63, 3.8) is 0 Å². The van der Waals surface area contributed by atoms with Gasteiger partial charge in [0.1, 0.15) is 23.6 Å². The molecule has 0 fully saturated rings. The third kappa shape index (κ3) is 13.9. The zero-order valence-electron chi connectivity index (χ0n) is 11.8. The highest BCUT2D eigenvalue weighted by atomic mass is 32.2. The van der Waals surface area contributed by atoms with E-state index in [1.807, 2.05) is 6.26 Å². The minimum Gasteiger partial charge on any atom is -0.616 e. The van der Waals surface area contributed by atoms with Gasteiger partial charge in [0.2, 0.25) is 0 Å². The Morgan fingerprint density at radius 2 is 1.65 bits per heavy atom. The lowest BCUT2D eigenvalue weighted by Crippen LogP contribution is -2.32. The van der Waals surface area contributed by atoms with E-state index in [1.165, 1.54) is 0 Å². The number of carboxylic acids is 2. The smallest absolute Gasteiger partial charge is 0.320 e. The molecule has 0 aliphatic carbocycles. The molecule has 7 nitrogen and oxygen atoms in total. The van der Waals surface area contributed by atoms with Gasteiger partial charge in [0, 0.05) is 6.42 Å². The van der Waals surface area contributed by atoms with Crippen LogP contribution >= 0.6 is 11.8 Å². The molecule has 0 saturated carbocycles. The number of aliphatic carboxylic acids is 2. The van der Waals surface area contributed by atoms with Gasteiger partial charge < -0.3 is 26.2 Å². The zero-order valence-corrected chi connectivity index (χ0v) is 13.4. The van der Waals surface area contributed by atoms with E-state index in [4.69, 9.17) is 21.7 Å².